The summed E-state index contributed by atoms with van der Waals surface area (Å²) in [7, 11) is 0. The summed E-state index contributed by atoms with van der Waals surface area (Å²) in [5, 5.41) is 7.06. The number of carbonyl (C=O) groups excluding carboxylic acids is 1. The van der Waals surface area contributed by atoms with Gasteiger partial charge in [-0.25, -0.2) is 4.39 Å². The minimum Gasteiger partial charge on any atom is -0.305 e. The smallest absolute Gasteiger partial charge is 0.256 e. The number of hydrogen-bond donors (Lipinski definition) is 1. The number of hydrogen-bond acceptors (Lipinski definition) is 2. The summed E-state index contributed by atoms with van der Waals surface area (Å²) >= 11 is 3.06. The third-order valence-corrected chi connectivity index (χ3v) is 4.00. The molecule has 1 amide bonds. The summed E-state index contributed by atoms with van der Waals surface area (Å²) in [5.74, 6) is -0.375. The molecule has 1 N–H and O–H groups in total. The van der Waals surface area contributed by atoms with Crippen molar-refractivity contribution in [2.24, 2.45) is 0 Å². The summed E-state index contributed by atoms with van der Waals surface area (Å²) in [6.45, 7) is 6.08. The van der Waals surface area contributed by atoms with Crippen LogP contribution in [0.15, 0.2) is 28.7 Å². The van der Waals surface area contributed by atoms with E-state index in [0.29, 0.717) is 10.3 Å². The molecule has 1 heterocycles. The van der Waals surface area contributed by atoms with Gasteiger partial charge in [-0.1, -0.05) is 6.92 Å². The maximum Gasteiger partial charge on any atom is 0.256 e. The summed E-state index contributed by atoms with van der Waals surface area (Å²) < 4.78 is 15.7. The highest BCUT2D eigenvalue weighted by atomic mass is 79.9. The molecule has 0 spiro atoms. The molecule has 0 unspecified atom stereocenters. The fourth-order valence-corrected chi connectivity index (χ4v) is 2.24. The molecule has 2 rings (SSSR count). The second kappa shape index (κ2) is 6.39. The molecule has 0 saturated carbocycles. The van der Waals surface area contributed by atoms with Crippen molar-refractivity contribution >= 4 is 27.7 Å². The molecule has 0 aliphatic carbocycles. The quantitative estimate of drug-likeness (QED) is 0.889. The van der Waals surface area contributed by atoms with E-state index < -0.39 is 5.82 Å². The number of amides is 1. The maximum absolute atomic E-state index is 13.5. The van der Waals surface area contributed by atoms with Crippen LogP contribution in [0.4, 0.5) is 10.2 Å². The molecule has 1 aromatic heterocycles. The van der Waals surface area contributed by atoms with Crippen molar-refractivity contribution in [2.45, 2.75) is 33.2 Å². The van der Waals surface area contributed by atoms with Crippen LogP contribution in [0.5, 0.6) is 0 Å². The van der Waals surface area contributed by atoms with Gasteiger partial charge in [0.2, 0.25) is 0 Å². The van der Waals surface area contributed by atoms with Gasteiger partial charge in [0.1, 0.15) is 5.82 Å². The molecule has 1 aromatic carbocycles. The van der Waals surface area contributed by atoms with Crippen molar-refractivity contribution in [1.82, 2.24) is 9.78 Å². The van der Waals surface area contributed by atoms with Gasteiger partial charge in [0, 0.05) is 23.4 Å². The highest BCUT2D eigenvalue weighted by Crippen LogP contribution is 2.19. The normalized spacial score (nSPS) is 12.2. The predicted molar refractivity (Wildman–Crippen MR) is 84.0 cm³/mol. The number of aryl methyl sites for hydroxylation is 1. The number of rotatable bonds is 4. The molecule has 112 valence electrons. The van der Waals surface area contributed by atoms with Crippen molar-refractivity contribution in [1.29, 1.82) is 0 Å². The summed E-state index contributed by atoms with van der Waals surface area (Å²) in [5.41, 5.74) is 1.23. The zero-order valence-electron chi connectivity index (χ0n) is 12.2. The lowest BCUT2D eigenvalue weighted by Crippen LogP contribution is -2.13. The largest absolute Gasteiger partial charge is 0.305 e. The maximum atomic E-state index is 13.5. The van der Waals surface area contributed by atoms with E-state index in [4.69, 9.17) is 0 Å². The fraction of sp³-hybridized carbons (Fsp3) is 0.333. The van der Waals surface area contributed by atoms with Crippen LogP contribution in [0.3, 0.4) is 0 Å². The molecule has 4 nitrogen and oxygen atoms in total. The molecule has 0 saturated heterocycles. The molecular formula is C15H17BrFN3O. The van der Waals surface area contributed by atoms with Gasteiger partial charge in [0.25, 0.3) is 5.91 Å². The van der Waals surface area contributed by atoms with Gasteiger partial charge in [0.05, 0.1) is 4.47 Å². The number of anilines is 1. The SMILES string of the molecule is CC[C@@H](C)n1nc(NC(=O)c2ccc(Br)c(F)c2)cc1C. The molecule has 21 heavy (non-hydrogen) atoms. The molecule has 0 fully saturated rings. The Morgan fingerprint density at radius 2 is 2.19 bits per heavy atom. The average Bonchev–Trinajstić information content (AvgIpc) is 2.81. The third kappa shape index (κ3) is 3.50. The Morgan fingerprint density at radius 3 is 2.81 bits per heavy atom. The van der Waals surface area contributed by atoms with E-state index >= 15 is 0 Å². The lowest BCUT2D eigenvalue weighted by atomic mass is 10.2. The van der Waals surface area contributed by atoms with Crippen LogP contribution in [-0.2, 0) is 0 Å². The number of nitrogens with one attached hydrogen (secondary N) is 1. The van der Waals surface area contributed by atoms with E-state index in [-0.39, 0.29) is 17.5 Å². The topological polar surface area (TPSA) is 46.9 Å². The molecule has 1 atom stereocenters. The van der Waals surface area contributed by atoms with Crippen LogP contribution in [0.2, 0.25) is 0 Å². The number of benzene rings is 1. The lowest BCUT2D eigenvalue weighted by Gasteiger charge is -2.10. The Bertz CT molecular complexity index is 669. The van der Waals surface area contributed by atoms with Gasteiger partial charge in [0.15, 0.2) is 5.82 Å². The van der Waals surface area contributed by atoms with E-state index in [0.717, 1.165) is 12.1 Å². The van der Waals surface area contributed by atoms with Crippen LogP contribution in [-0.4, -0.2) is 15.7 Å². The van der Waals surface area contributed by atoms with Crippen LogP contribution < -0.4 is 5.32 Å². The second-order valence-electron chi connectivity index (χ2n) is 4.96. The van der Waals surface area contributed by atoms with Crippen LogP contribution in [0, 0.1) is 12.7 Å². The summed E-state index contributed by atoms with van der Waals surface area (Å²) in [6, 6.07) is 6.33. The van der Waals surface area contributed by atoms with Crippen LogP contribution >= 0.6 is 15.9 Å². The third-order valence-electron chi connectivity index (χ3n) is 3.35. The second-order valence-corrected chi connectivity index (χ2v) is 5.81. The molecule has 0 bridgehead atoms. The van der Waals surface area contributed by atoms with E-state index in [1.54, 1.807) is 12.1 Å². The minimum atomic E-state index is -0.469. The van der Waals surface area contributed by atoms with Gasteiger partial charge >= 0.3 is 0 Å². The Morgan fingerprint density at radius 1 is 1.48 bits per heavy atom. The van der Waals surface area contributed by atoms with E-state index in [2.05, 4.69) is 40.2 Å². The minimum absolute atomic E-state index is 0.256. The van der Waals surface area contributed by atoms with Gasteiger partial charge in [-0.2, -0.15) is 5.10 Å². The van der Waals surface area contributed by atoms with Gasteiger partial charge < -0.3 is 5.32 Å². The van der Waals surface area contributed by atoms with Crippen molar-refractivity contribution < 1.29 is 9.18 Å². The van der Waals surface area contributed by atoms with E-state index in [1.165, 1.54) is 12.1 Å². The molecule has 2 aromatic rings. The van der Waals surface area contributed by atoms with Gasteiger partial charge in [-0.3, -0.25) is 9.48 Å². The first kappa shape index (κ1) is 15.7. The average molecular weight is 354 g/mol. The van der Waals surface area contributed by atoms with E-state index in [9.17, 15) is 9.18 Å². The fourth-order valence-electron chi connectivity index (χ4n) is 1.99. The zero-order chi connectivity index (χ0) is 15.6. The molecular weight excluding hydrogens is 337 g/mol. The number of halogens is 2. The number of aromatic nitrogens is 2. The van der Waals surface area contributed by atoms with Gasteiger partial charge in [-0.05, 0) is 54.4 Å². The Balaban J connectivity index is 2.18. The monoisotopic (exact) mass is 353 g/mol. The van der Waals surface area contributed by atoms with Crippen molar-refractivity contribution in [3.63, 3.8) is 0 Å². The number of carbonyl (C=O) groups is 1. The standard InChI is InChI=1S/C15H17BrFN3O/c1-4-9(2)20-10(3)7-14(19-20)18-15(21)11-5-6-12(16)13(17)8-11/h5-9H,4H2,1-3H3,(H,18,19,21)/t9-/m1/s1. The first-order valence-corrected chi connectivity index (χ1v) is 7.54. The predicted octanol–water partition coefficient (Wildman–Crippen LogP) is 4.32. The Hall–Kier alpha value is -1.69. The van der Waals surface area contributed by atoms with Crippen LogP contribution in [0.1, 0.15) is 42.4 Å². The highest BCUT2D eigenvalue weighted by Gasteiger charge is 2.13. The lowest BCUT2D eigenvalue weighted by molar-refractivity contribution is 0.102. The first-order valence-electron chi connectivity index (χ1n) is 6.75. The van der Waals surface area contributed by atoms with Crippen LogP contribution in [0.25, 0.3) is 0 Å². The zero-order valence-corrected chi connectivity index (χ0v) is 13.7. The summed E-state index contributed by atoms with van der Waals surface area (Å²) in [4.78, 5) is 12.1. The van der Waals surface area contributed by atoms with Gasteiger partial charge in [-0.15, -0.1) is 0 Å². The van der Waals surface area contributed by atoms with Crippen molar-refractivity contribution in [3.8, 4) is 0 Å². The Kier molecular flexibility index (Phi) is 4.77. The Labute approximate surface area is 131 Å². The summed E-state index contributed by atoms with van der Waals surface area (Å²) in [6.07, 6.45) is 0.952. The molecule has 6 heteroatoms. The van der Waals surface area contributed by atoms with E-state index in [1.807, 2.05) is 11.6 Å². The first-order chi connectivity index (χ1) is 9.92. The highest BCUT2D eigenvalue weighted by molar-refractivity contribution is 9.10. The van der Waals surface area contributed by atoms with Crippen molar-refractivity contribution in [3.05, 3.63) is 45.8 Å². The molecule has 0 aliphatic rings. The van der Waals surface area contributed by atoms with Crippen molar-refractivity contribution in [2.75, 3.05) is 5.32 Å². The molecule has 0 radical (unpaired) electrons. The number of nitrogens with zero attached hydrogens (tertiary/aromatic N) is 2. The molecule has 0 aliphatic heterocycles.